The van der Waals surface area contributed by atoms with Crippen LogP contribution in [0.5, 0.6) is 0 Å². The molecule has 0 aliphatic heterocycles. The largest absolute Gasteiger partial charge is 0.370 e. The van der Waals surface area contributed by atoms with Gasteiger partial charge in [-0.05, 0) is 19.1 Å². The van der Waals surface area contributed by atoms with Crippen LogP contribution in [0.4, 0.5) is 11.4 Å². The number of rotatable bonds is 4. The standard InChI is InChI=1S/C10H10ClN5O2/c1-6(10-12-5-13-15-10)14-8-3-2-7(11)4-9(8)16(17)18/h2-6,14H,1H3,(H,12,13,15)/t6-/m1/s1. The van der Waals surface area contributed by atoms with Crippen molar-refractivity contribution in [1.29, 1.82) is 0 Å². The van der Waals surface area contributed by atoms with Crippen molar-refractivity contribution in [3.63, 3.8) is 0 Å². The molecule has 1 atom stereocenters. The van der Waals surface area contributed by atoms with Crippen molar-refractivity contribution in [1.82, 2.24) is 15.2 Å². The van der Waals surface area contributed by atoms with Gasteiger partial charge in [0.15, 0.2) is 0 Å². The van der Waals surface area contributed by atoms with Gasteiger partial charge in [0.05, 0.1) is 11.0 Å². The lowest BCUT2D eigenvalue weighted by Gasteiger charge is -2.12. The monoisotopic (exact) mass is 267 g/mol. The summed E-state index contributed by atoms with van der Waals surface area (Å²) in [6.07, 6.45) is 1.38. The number of nitro groups is 1. The number of aromatic amines is 1. The molecule has 2 N–H and O–H groups in total. The van der Waals surface area contributed by atoms with Crippen molar-refractivity contribution in [3.05, 3.63) is 45.5 Å². The van der Waals surface area contributed by atoms with Gasteiger partial charge in [-0.2, -0.15) is 5.10 Å². The Labute approximate surface area is 107 Å². The first-order valence-electron chi connectivity index (χ1n) is 5.13. The van der Waals surface area contributed by atoms with E-state index in [1.165, 1.54) is 12.4 Å². The minimum Gasteiger partial charge on any atom is -0.370 e. The molecule has 1 aromatic carbocycles. The molecule has 94 valence electrons. The molecule has 0 aliphatic carbocycles. The Bertz CT molecular complexity index is 557. The molecule has 18 heavy (non-hydrogen) atoms. The topological polar surface area (TPSA) is 96.7 Å². The summed E-state index contributed by atoms with van der Waals surface area (Å²) >= 11 is 5.74. The van der Waals surface area contributed by atoms with Crippen molar-refractivity contribution < 1.29 is 4.92 Å². The molecule has 0 saturated carbocycles. The molecule has 0 aliphatic rings. The van der Waals surface area contributed by atoms with Crippen molar-refractivity contribution in [2.45, 2.75) is 13.0 Å². The van der Waals surface area contributed by atoms with E-state index in [-0.39, 0.29) is 11.7 Å². The average Bonchev–Trinajstić information content (AvgIpc) is 2.84. The van der Waals surface area contributed by atoms with Gasteiger partial charge >= 0.3 is 0 Å². The van der Waals surface area contributed by atoms with Crippen LogP contribution in [0.2, 0.25) is 5.02 Å². The molecular formula is C10H10ClN5O2. The molecule has 0 amide bonds. The van der Waals surface area contributed by atoms with Crippen LogP contribution in [0.15, 0.2) is 24.5 Å². The van der Waals surface area contributed by atoms with Crippen molar-refractivity contribution in [2.75, 3.05) is 5.32 Å². The third kappa shape index (κ3) is 2.57. The second-order valence-electron chi connectivity index (χ2n) is 3.66. The van der Waals surface area contributed by atoms with Crippen LogP contribution in [0.1, 0.15) is 18.8 Å². The zero-order valence-electron chi connectivity index (χ0n) is 9.42. The lowest BCUT2D eigenvalue weighted by molar-refractivity contribution is -0.384. The van der Waals surface area contributed by atoms with E-state index in [4.69, 9.17) is 11.6 Å². The van der Waals surface area contributed by atoms with Crippen molar-refractivity contribution in [2.24, 2.45) is 0 Å². The summed E-state index contributed by atoms with van der Waals surface area (Å²) in [5.41, 5.74) is 0.308. The number of benzene rings is 1. The van der Waals surface area contributed by atoms with E-state index in [0.717, 1.165) is 0 Å². The van der Waals surface area contributed by atoms with Crippen LogP contribution in [-0.4, -0.2) is 20.1 Å². The fraction of sp³-hybridized carbons (Fsp3) is 0.200. The second kappa shape index (κ2) is 5.01. The Hall–Kier alpha value is -2.15. The van der Waals surface area contributed by atoms with Gasteiger partial charge in [-0.1, -0.05) is 11.6 Å². The summed E-state index contributed by atoms with van der Waals surface area (Å²) in [6, 6.07) is 4.22. The fourth-order valence-electron chi connectivity index (χ4n) is 1.50. The molecule has 0 bridgehead atoms. The van der Waals surface area contributed by atoms with E-state index in [1.807, 2.05) is 6.92 Å². The maximum atomic E-state index is 10.9. The number of aromatic nitrogens is 3. The van der Waals surface area contributed by atoms with Gasteiger partial charge in [0.1, 0.15) is 17.8 Å². The highest BCUT2D eigenvalue weighted by molar-refractivity contribution is 6.30. The molecule has 1 aromatic heterocycles. The number of hydrogen-bond acceptors (Lipinski definition) is 5. The molecule has 0 spiro atoms. The number of H-pyrrole nitrogens is 1. The van der Waals surface area contributed by atoms with Gasteiger partial charge in [-0.25, -0.2) is 4.98 Å². The van der Waals surface area contributed by atoms with Crippen LogP contribution < -0.4 is 5.32 Å². The first-order valence-corrected chi connectivity index (χ1v) is 5.51. The lowest BCUT2D eigenvalue weighted by Crippen LogP contribution is -2.10. The Morgan fingerprint density at radius 3 is 2.94 bits per heavy atom. The number of anilines is 1. The van der Waals surface area contributed by atoms with Gasteiger partial charge in [-0.3, -0.25) is 15.2 Å². The summed E-state index contributed by atoms with van der Waals surface area (Å²) in [4.78, 5) is 14.4. The van der Waals surface area contributed by atoms with Gasteiger partial charge < -0.3 is 5.32 Å². The number of nitrogens with zero attached hydrogens (tertiary/aromatic N) is 3. The summed E-state index contributed by atoms with van der Waals surface area (Å²) in [5.74, 6) is 0.597. The smallest absolute Gasteiger partial charge is 0.293 e. The van der Waals surface area contributed by atoms with Crippen LogP contribution in [0, 0.1) is 10.1 Å². The number of halogens is 1. The highest BCUT2D eigenvalue weighted by Gasteiger charge is 2.17. The maximum Gasteiger partial charge on any atom is 0.293 e. The van der Waals surface area contributed by atoms with Crippen LogP contribution >= 0.6 is 11.6 Å². The Morgan fingerprint density at radius 2 is 2.33 bits per heavy atom. The number of hydrogen-bond donors (Lipinski definition) is 2. The van der Waals surface area contributed by atoms with Gasteiger partial charge in [0.25, 0.3) is 5.69 Å². The SMILES string of the molecule is C[C@@H](Nc1ccc(Cl)cc1[N+](=O)[O-])c1ncn[nH]1. The van der Waals surface area contributed by atoms with Gasteiger partial charge in [-0.15, -0.1) is 0 Å². The predicted octanol–water partition coefficient (Wildman–Crippen LogP) is 2.54. The van der Waals surface area contributed by atoms with E-state index in [9.17, 15) is 10.1 Å². The quantitative estimate of drug-likeness (QED) is 0.655. The third-order valence-electron chi connectivity index (χ3n) is 2.37. The van der Waals surface area contributed by atoms with E-state index in [2.05, 4.69) is 20.5 Å². The molecule has 0 fully saturated rings. The highest BCUT2D eigenvalue weighted by atomic mass is 35.5. The predicted molar refractivity (Wildman–Crippen MR) is 66.5 cm³/mol. The van der Waals surface area contributed by atoms with E-state index in [1.54, 1.807) is 12.1 Å². The van der Waals surface area contributed by atoms with Crippen molar-refractivity contribution >= 4 is 23.0 Å². The molecular weight excluding hydrogens is 258 g/mol. The molecule has 0 saturated heterocycles. The molecule has 2 aromatic rings. The third-order valence-corrected chi connectivity index (χ3v) is 2.61. The Balaban J connectivity index is 2.26. The highest BCUT2D eigenvalue weighted by Crippen LogP contribution is 2.29. The summed E-state index contributed by atoms with van der Waals surface area (Å²) in [7, 11) is 0. The zero-order chi connectivity index (χ0) is 13.1. The molecule has 7 nitrogen and oxygen atoms in total. The number of nitrogens with one attached hydrogen (secondary N) is 2. The number of nitro benzene ring substituents is 1. The van der Waals surface area contributed by atoms with E-state index < -0.39 is 4.92 Å². The molecule has 0 unspecified atom stereocenters. The Morgan fingerprint density at radius 1 is 1.56 bits per heavy atom. The first kappa shape index (κ1) is 12.3. The summed E-state index contributed by atoms with van der Waals surface area (Å²) in [6.45, 7) is 1.82. The normalized spacial score (nSPS) is 12.1. The second-order valence-corrected chi connectivity index (χ2v) is 4.09. The maximum absolute atomic E-state index is 10.9. The van der Waals surface area contributed by atoms with E-state index >= 15 is 0 Å². The van der Waals surface area contributed by atoms with Gasteiger partial charge in [0.2, 0.25) is 0 Å². The summed E-state index contributed by atoms with van der Waals surface area (Å²) in [5, 5.41) is 20.6. The van der Waals surface area contributed by atoms with E-state index in [0.29, 0.717) is 16.5 Å². The van der Waals surface area contributed by atoms with Crippen LogP contribution in [-0.2, 0) is 0 Å². The van der Waals surface area contributed by atoms with Crippen LogP contribution in [0.3, 0.4) is 0 Å². The zero-order valence-corrected chi connectivity index (χ0v) is 10.2. The van der Waals surface area contributed by atoms with Crippen LogP contribution in [0.25, 0.3) is 0 Å². The van der Waals surface area contributed by atoms with Gasteiger partial charge in [0, 0.05) is 11.1 Å². The summed E-state index contributed by atoms with van der Waals surface area (Å²) < 4.78 is 0. The van der Waals surface area contributed by atoms with Crippen molar-refractivity contribution in [3.8, 4) is 0 Å². The fourth-order valence-corrected chi connectivity index (χ4v) is 1.67. The molecule has 1 heterocycles. The Kier molecular flexibility index (Phi) is 3.42. The minimum atomic E-state index is -0.485. The minimum absolute atomic E-state index is 0.0751. The lowest BCUT2D eigenvalue weighted by atomic mass is 10.2. The average molecular weight is 268 g/mol. The first-order chi connectivity index (χ1) is 8.58. The molecule has 2 rings (SSSR count). The molecule has 0 radical (unpaired) electrons. The molecule has 8 heteroatoms.